The highest BCUT2D eigenvalue weighted by Crippen LogP contribution is 2.18. The van der Waals surface area contributed by atoms with Crippen molar-refractivity contribution in [1.29, 1.82) is 0 Å². The Kier molecular flexibility index (Phi) is 6.31. The molecule has 0 amide bonds. The Hall–Kier alpha value is -1.47. The maximum Gasteiger partial charge on any atom is 0.252 e. The van der Waals surface area contributed by atoms with Crippen LogP contribution in [0, 0.1) is 11.6 Å². The fourth-order valence-electron chi connectivity index (χ4n) is 1.17. The first-order valence-electron chi connectivity index (χ1n) is 5.46. The number of nitrogen functional groups attached to an aromatic ring is 1. The summed E-state index contributed by atoms with van der Waals surface area (Å²) in [5.74, 6) is -2.52. The lowest BCUT2D eigenvalue weighted by molar-refractivity contribution is 0.0785. The van der Waals surface area contributed by atoms with Gasteiger partial charge < -0.3 is 19.9 Å². The molecule has 1 aromatic rings. The third kappa shape index (κ3) is 4.80. The second-order valence-electron chi connectivity index (χ2n) is 3.45. The van der Waals surface area contributed by atoms with Crippen LogP contribution in [0.1, 0.15) is 6.42 Å². The molecule has 0 fully saturated rings. The van der Waals surface area contributed by atoms with Crippen molar-refractivity contribution < 1.29 is 23.0 Å². The van der Waals surface area contributed by atoms with Crippen molar-refractivity contribution in [2.24, 2.45) is 0 Å². The fraction of sp³-hybridized carbons (Fsp3) is 0.545. The maximum atomic E-state index is 13.2. The van der Waals surface area contributed by atoms with Gasteiger partial charge in [-0.1, -0.05) is 0 Å². The van der Waals surface area contributed by atoms with E-state index in [1.54, 1.807) is 7.11 Å². The van der Waals surface area contributed by atoms with Gasteiger partial charge in [-0.3, -0.25) is 0 Å². The molecule has 0 aliphatic heterocycles. The first kappa shape index (κ1) is 14.6. The molecule has 1 aromatic heterocycles. The molecule has 7 heteroatoms. The zero-order valence-corrected chi connectivity index (χ0v) is 10.1. The second kappa shape index (κ2) is 7.78. The van der Waals surface area contributed by atoms with Crippen molar-refractivity contribution in [3.05, 3.63) is 17.7 Å². The summed E-state index contributed by atoms with van der Waals surface area (Å²) in [7, 11) is 1.61. The molecule has 0 bridgehead atoms. The quantitative estimate of drug-likeness (QED) is 0.717. The summed E-state index contributed by atoms with van der Waals surface area (Å²) < 4.78 is 41.0. The molecule has 102 valence electrons. The molecule has 0 unspecified atom stereocenters. The van der Waals surface area contributed by atoms with Crippen LogP contribution in [0.5, 0.6) is 5.88 Å². The van der Waals surface area contributed by atoms with E-state index in [2.05, 4.69) is 4.98 Å². The van der Waals surface area contributed by atoms with E-state index < -0.39 is 17.5 Å². The Morgan fingerprint density at radius 1 is 1.17 bits per heavy atom. The molecule has 5 nitrogen and oxygen atoms in total. The number of anilines is 1. The molecule has 1 heterocycles. The van der Waals surface area contributed by atoms with Crippen molar-refractivity contribution in [2.75, 3.05) is 39.3 Å². The molecule has 0 spiro atoms. The summed E-state index contributed by atoms with van der Waals surface area (Å²) >= 11 is 0. The van der Waals surface area contributed by atoms with Crippen LogP contribution < -0.4 is 10.5 Å². The smallest absolute Gasteiger partial charge is 0.252 e. The number of hydrogen-bond acceptors (Lipinski definition) is 5. The zero-order chi connectivity index (χ0) is 13.4. The van der Waals surface area contributed by atoms with Gasteiger partial charge in [0.25, 0.3) is 5.88 Å². The van der Waals surface area contributed by atoms with Crippen LogP contribution in [0.15, 0.2) is 6.07 Å². The highest BCUT2D eigenvalue weighted by atomic mass is 19.1. The lowest BCUT2D eigenvalue weighted by atomic mass is 10.4. The average molecular weight is 262 g/mol. The number of aromatic nitrogens is 1. The molecule has 0 aliphatic carbocycles. The van der Waals surface area contributed by atoms with Gasteiger partial charge in [0.15, 0.2) is 17.5 Å². The monoisotopic (exact) mass is 262 g/mol. The summed E-state index contributed by atoms with van der Waals surface area (Å²) in [5, 5.41) is 0. The molecular weight excluding hydrogens is 246 g/mol. The van der Waals surface area contributed by atoms with Gasteiger partial charge in [0, 0.05) is 26.4 Å². The summed E-state index contributed by atoms with van der Waals surface area (Å²) in [6.07, 6.45) is 0.770. The van der Waals surface area contributed by atoms with Gasteiger partial charge in [0.05, 0.1) is 6.61 Å². The summed E-state index contributed by atoms with van der Waals surface area (Å²) in [5.41, 5.74) is 5.20. The van der Waals surface area contributed by atoms with Gasteiger partial charge in [-0.05, 0) is 6.42 Å². The van der Waals surface area contributed by atoms with Crippen LogP contribution in [0.4, 0.5) is 14.6 Å². The van der Waals surface area contributed by atoms with Crippen molar-refractivity contribution >= 4 is 5.82 Å². The molecule has 2 N–H and O–H groups in total. The number of halogens is 2. The molecule has 0 atom stereocenters. The second-order valence-corrected chi connectivity index (χ2v) is 3.45. The Balaban J connectivity index is 2.25. The third-order valence-electron chi connectivity index (χ3n) is 2.03. The number of rotatable bonds is 8. The molecule has 0 radical (unpaired) electrons. The Morgan fingerprint density at radius 3 is 2.67 bits per heavy atom. The van der Waals surface area contributed by atoms with Crippen LogP contribution in [0.25, 0.3) is 0 Å². The van der Waals surface area contributed by atoms with E-state index in [9.17, 15) is 8.78 Å². The number of methoxy groups -OCH3 is 1. The Bertz CT molecular complexity index is 378. The van der Waals surface area contributed by atoms with Crippen LogP contribution in [-0.2, 0) is 9.47 Å². The largest absolute Gasteiger partial charge is 0.473 e. The van der Waals surface area contributed by atoms with Crippen LogP contribution >= 0.6 is 0 Å². The standard InChI is InChI=1S/C11H16F2N2O3/c1-16-3-2-4-17-5-6-18-11-9(13)7-8(12)10(14)15-11/h7H,2-6H2,1H3,(H2,14,15). The number of hydrogen-bond donors (Lipinski definition) is 1. The molecule has 18 heavy (non-hydrogen) atoms. The molecule has 0 aliphatic rings. The Labute approximate surface area is 104 Å². The SMILES string of the molecule is COCCCOCCOc1nc(N)c(F)cc1F. The summed E-state index contributed by atoms with van der Waals surface area (Å²) in [6, 6.07) is 0.636. The molecule has 1 rings (SSSR count). The minimum absolute atomic E-state index is 0.113. The third-order valence-corrected chi connectivity index (χ3v) is 2.03. The van der Waals surface area contributed by atoms with Gasteiger partial charge in [0.1, 0.15) is 6.61 Å². The summed E-state index contributed by atoms with van der Waals surface area (Å²) in [6.45, 7) is 1.54. The van der Waals surface area contributed by atoms with Crippen LogP contribution in [-0.4, -0.2) is 38.5 Å². The van der Waals surface area contributed by atoms with E-state index in [1.165, 1.54) is 0 Å². The van der Waals surface area contributed by atoms with Crippen molar-refractivity contribution in [3.8, 4) is 5.88 Å². The van der Waals surface area contributed by atoms with Crippen LogP contribution in [0.3, 0.4) is 0 Å². The van der Waals surface area contributed by atoms with E-state index in [1.807, 2.05) is 0 Å². The average Bonchev–Trinajstić information content (AvgIpc) is 2.34. The maximum absolute atomic E-state index is 13.2. The lowest BCUT2D eigenvalue weighted by Crippen LogP contribution is -2.11. The van der Waals surface area contributed by atoms with Gasteiger partial charge in [-0.15, -0.1) is 0 Å². The van der Waals surface area contributed by atoms with Gasteiger partial charge in [-0.2, -0.15) is 4.98 Å². The molecule has 0 saturated heterocycles. The minimum Gasteiger partial charge on any atom is -0.473 e. The predicted octanol–water partition coefficient (Wildman–Crippen LogP) is 1.37. The number of nitrogens with zero attached hydrogens (tertiary/aromatic N) is 1. The Morgan fingerprint density at radius 2 is 1.94 bits per heavy atom. The fourth-order valence-corrected chi connectivity index (χ4v) is 1.17. The van der Waals surface area contributed by atoms with E-state index in [4.69, 9.17) is 19.9 Å². The molecule has 0 saturated carbocycles. The topological polar surface area (TPSA) is 66.6 Å². The normalized spacial score (nSPS) is 10.6. The lowest BCUT2D eigenvalue weighted by Gasteiger charge is -2.08. The van der Waals surface area contributed by atoms with Crippen LogP contribution in [0.2, 0.25) is 0 Å². The molecular formula is C11H16F2N2O3. The first-order chi connectivity index (χ1) is 8.65. The van der Waals surface area contributed by atoms with Crippen molar-refractivity contribution in [3.63, 3.8) is 0 Å². The van der Waals surface area contributed by atoms with Gasteiger partial charge in [-0.25, -0.2) is 8.78 Å². The zero-order valence-electron chi connectivity index (χ0n) is 10.1. The van der Waals surface area contributed by atoms with E-state index >= 15 is 0 Å². The first-order valence-corrected chi connectivity index (χ1v) is 5.46. The highest BCUT2D eigenvalue weighted by Gasteiger charge is 2.10. The highest BCUT2D eigenvalue weighted by molar-refractivity contribution is 5.34. The van der Waals surface area contributed by atoms with E-state index in [0.717, 1.165) is 6.42 Å². The van der Waals surface area contributed by atoms with Gasteiger partial charge >= 0.3 is 0 Å². The number of nitrogens with two attached hydrogens (primary N) is 1. The molecule has 0 aromatic carbocycles. The predicted molar refractivity (Wildman–Crippen MR) is 61.4 cm³/mol. The van der Waals surface area contributed by atoms with E-state index in [0.29, 0.717) is 19.3 Å². The van der Waals surface area contributed by atoms with Crippen molar-refractivity contribution in [2.45, 2.75) is 6.42 Å². The van der Waals surface area contributed by atoms with Gasteiger partial charge in [0.2, 0.25) is 0 Å². The minimum atomic E-state index is -0.907. The summed E-state index contributed by atoms with van der Waals surface area (Å²) in [4.78, 5) is 3.45. The van der Waals surface area contributed by atoms with Crippen molar-refractivity contribution in [1.82, 2.24) is 4.98 Å². The van der Waals surface area contributed by atoms with E-state index in [-0.39, 0.29) is 19.1 Å². The number of ether oxygens (including phenoxy) is 3. The number of pyridine rings is 1.